The summed E-state index contributed by atoms with van der Waals surface area (Å²) in [5.41, 5.74) is 0. The van der Waals surface area contributed by atoms with E-state index < -0.39 is 53.0 Å². The lowest BCUT2D eigenvalue weighted by Gasteiger charge is -2.02. The van der Waals surface area contributed by atoms with Crippen molar-refractivity contribution in [3.8, 4) is 28.7 Å². The summed E-state index contributed by atoms with van der Waals surface area (Å²) < 4.78 is 59.0. The molecule has 0 saturated heterocycles. The molecule has 0 aromatic heterocycles. The van der Waals surface area contributed by atoms with E-state index in [0.717, 1.165) is 18.2 Å². The van der Waals surface area contributed by atoms with Crippen LogP contribution in [0.5, 0.6) is 28.7 Å². The molecule has 0 atom stereocenters. The van der Waals surface area contributed by atoms with Crippen molar-refractivity contribution in [2.75, 3.05) is 0 Å². The van der Waals surface area contributed by atoms with Crippen LogP contribution in [0.15, 0.2) is 40.1 Å². The van der Waals surface area contributed by atoms with E-state index in [-0.39, 0.29) is 5.75 Å². The molecule has 0 bridgehead atoms. The maximum atomic E-state index is 10.5. The monoisotopic (exact) mass is 396 g/mol. The third-order valence-corrected chi connectivity index (χ3v) is 4.28. The largest absolute Gasteiger partial charge is 0.508 e. The lowest BCUT2D eigenvalue weighted by atomic mass is 10.3. The van der Waals surface area contributed by atoms with E-state index in [0.29, 0.717) is 12.1 Å². The van der Waals surface area contributed by atoms with Crippen LogP contribution in [0.2, 0.25) is 0 Å². The summed E-state index contributed by atoms with van der Waals surface area (Å²) in [5, 5.41) is 44.3. The highest BCUT2D eigenvalue weighted by Gasteiger charge is 2.16. The fourth-order valence-electron chi connectivity index (χ4n) is 1.44. The van der Waals surface area contributed by atoms with Crippen LogP contribution in [0.25, 0.3) is 0 Å². The number of aromatic hydroxyl groups is 5. The second kappa shape index (κ2) is 7.02. The van der Waals surface area contributed by atoms with Gasteiger partial charge in [0, 0.05) is 18.2 Å². The number of phenols is 5. The maximum Gasteiger partial charge on any atom is 0.298 e. The second-order valence-corrected chi connectivity index (χ2v) is 7.22. The van der Waals surface area contributed by atoms with Crippen LogP contribution in [-0.4, -0.2) is 51.5 Å². The van der Waals surface area contributed by atoms with Gasteiger partial charge in [0.1, 0.15) is 21.3 Å². The number of phenolic OH excluding ortho intramolecular Hbond substituents is 5. The summed E-state index contributed by atoms with van der Waals surface area (Å²) in [6.45, 7) is 0. The lowest BCUT2D eigenvalue weighted by Crippen LogP contribution is -1.97. The van der Waals surface area contributed by atoms with Crippen LogP contribution in [0.4, 0.5) is 0 Å². The van der Waals surface area contributed by atoms with Crippen molar-refractivity contribution in [3.05, 3.63) is 30.3 Å². The summed E-state index contributed by atoms with van der Waals surface area (Å²) in [6, 6.07) is 4.06. The molecule has 2 rings (SSSR count). The van der Waals surface area contributed by atoms with Gasteiger partial charge in [-0.25, -0.2) is 0 Å². The predicted molar refractivity (Wildman–Crippen MR) is 80.8 cm³/mol. The summed E-state index contributed by atoms with van der Waals surface area (Å²) >= 11 is 0. The van der Waals surface area contributed by atoms with E-state index in [1.54, 1.807) is 0 Å². The van der Waals surface area contributed by atoms with Crippen molar-refractivity contribution >= 4 is 20.2 Å². The SMILES string of the molecule is O=S(=O)(O)c1cc(O)c(O)c(O)c1.O=S(=O)(O)c1cc(O)ccc1O. The van der Waals surface area contributed by atoms with Crippen LogP contribution < -0.4 is 0 Å². The molecule has 11 nitrogen and oxygen atoms in total. The molecule has 2 aromatic carbocycles. The topological polar surface area (TPSA) is 210 Å². The smallest absolute Gasteiger partial charge is 0.298 e. The lowest BCUT2D eigenvalue weighted by molar-refractivity contribution is 0.365. The molecule has 0 amide bonds. The summed E-state index contributed by atoms with van der Waals surface area (Å²) in [7, 11) is -8.96. The van der Waals surface area contributed by atoms with Gasteiger partial charge >= 0.3 is 0 Å². The highest BCUT2D eigenvalue weighted by atomic mass is 32.2. The quantitative estimate of drug-likeness (QED) is 0.210. The zero-order valence-corrected chi connectivity index (χ0v) is 13.6. The molecule has 0 radical (unpaired) electrons. The molecule has 0 aliphatic rings. The Morgan fingerprint density at radius 1 is 0.640 bits per heavy atom. The van der Waals surface area contributed by atoms with Crippen LogP contribution in [0, 0.1) is 0 Å². The molecule has 0 fully saturated rings. The Morgan fingerprint density at radius 2 is 1.12 bits per heavy atom. The van der Waals surface area contributed by atoms with E-state index in [1.807, 2.05) is 0 Å². The van der Waals surface area contributed by atoms with Crippen LogP contribution in [0.1, 0.15) is 0 Å². The molecule has 25 heavy (non-hydrogen) atoms. The number of benzene rings is 2. The van der Waals surface area contributed by atoms with Gasteiger partial charge in [-0.3, -0.25) is 9.11 Å². The summed E-state index contributed by atoms with van der Waals surface area (Å²) in [6.07, 6.45) is 0. The summed E-state index contributed by atoms with van der Waals surface area (Å²) in [5.74, 6) is -3.44. The molecule has 13 heteroatoms. The molecule has 0 unspecified atom stereocenters. The van der Waals surface area contributed by atoms with Crippen molar-refractivity contribution < 1.29 is 51.5 Å². The van der Waals surface area contributed by atoms with E-state index >= 15 is 0 Å². The van der Waals surface area contributed by atoms with Crippen molar-refractivity contribution in [3.63, 3.8) is 0 Å². The Labute approximate surface area is 141 Å². The summed E-state index contributed by atoms with van der Waals surface area (Å²) in [4.78, 5) is -1.40. The average Bonchev–Trinajstić information content (AvgIpc) is 2.45. The first-order valence-corrected chi connectivity index (χ1v) is 8.83. The van der Waals surface area contributed by atoms with Crippen molar-refractivity contribution in [1.82, 2.24) is 0 Å². The normalized spacial score (nSPS) is 11.4. The Morgan fingerprint density at radius 3 is 1.48 bits per heavy atom. The first-order chi connectivity index (χ1) is 11.2. The highest BCUT2D eigenvalue weighted by molar-refractivity contribution is 7.86. The third kappa shape index (κ3) is 5.39. The fourth-order valence-corrected chi connectivity index (χ4v) is 2.56. The van der Waals surface area contributed by atoms with Gasteiger partial charge in [-0.1, -0.05) is 0 Å². The molecule has 0 spiro atoms. The van der Waals surface area contributed by atoms with Gasteiger partial charge in [0.25, 0.3) is 20.2 Å². The molecular weight excluding hydrogens is 384 g/mol. The van der Waals surface area contributed by atoms with Gasteiger partial charge in [-0.2, -0.15) is 16.8 Å². The van der Waals surface area contributed by atoms with E-state index in [2.05, 4.69) is 0 Å². The maximum absolute atomic E-state index is 10.5. The molecule has 7 N–H and O–H groups in total. The van der Waals surface area contributed by atoms with Crippen LogP contribution >= 0.6 is 0 Å². The molecule has 0 heterocycles. The van der Waals surface area contributed by atoms with Crippen molar-refractivity contribution in [1.29, 1.82) is 0 Å². The van der Waals surface area contributed by atoms with Crippen molar-refractivity contribution in [2.24, 2.45) is 0 Å². The average molecular weight is 396 g/mol. The van der Waals surface area contributed by atoms with Gasteiger partial charge in [-0.15, -0.1) is 0 Å². The molecule has 0 saturated carbocycles. The highest BCUT2D eigenvalue weighted by Crippen LogP contribution is 2.36. The first-order valence-electron chi connectivity index (χ1n) is 5.95. The Bertz CT molecular complexity index is 971. The Balaban J connectivity index is 0.000000251. The van der Waals surface area contributed by atoms with E-state index in [1.165, 1.54) is 0 Å². The molecule has 138 valence electrons. The third-order valence-electron chi connectivity index (χ3n) is 2.56. The van der Waals surface area contributed by atoms with E-state index in [9.17, 15) is 16.8 Å². The number of hydrogen-bond acceptors (Lipinski definition) is 9. The predicted octanol–water partition coefficient (Wildman–Crippen LogP) is 0.395. The molecular formula is C12H12O11S2. The molecule has 0 aliphatic carbocycles. The number of hydrogen-bond donors (Lipinski definition) is 7. The first kappa shape index (κ1) is 20.3. The van der Waals surface area contributed by atoms with Gasteiger partial charge in [0.05, 0.1) is 0 Å². The zero-order valence-electron chi connectivity index (χ0n) is 12.0. The Kier molecular flexibility index (Phi) is 5.70. The van der Waals surface area contributed by atoms with Crippen molar-refractivity contribution in [2.45, 2.75) is 9.79 Å². The minimum atomic E-state index is -4.50. The minimum absolute atomic E-state index is 0.347. The van der Waals surface area contributed by atoms with Gasteiger partial charge in [0.2, 0.25) is 0 Å². The van der Waals surface area contributed by atoms with Gasteiger partial charge in [0.15, 0.2) is 17.2 Å². The fraction of sp³-hybridized carbons (Fsp3) is 0. The van der Waals surface area contributed by atoms with Gasteiger partial charge < -0.3 is 25.5 Å². The van der Waals surface area contributed by atoms with Crippen LogP contribution in [-0.2, 0) is 20.2 Å². The molecule has 2 aromatic rings. The van der Waals surface area contributed by atoms with E-state index in [4.69, 9.17) is 34.6 Å². The van der Waals surface area contributed by atoms with Gasteiger partial charge in [-0.05, 0) is 12.1 Å². The van der Waals surface area contributed by atoms with Crippen LogP contribution in [0.3, 0.4) is 0 Å². The second-order valence-electron chi connectivity index (χ2n) is 4.41. The number of rotatable bonds is 2. The molecule has 0 aliphatic heterocycles. The minimum Gasteiger partial charge on any atom is -0.508 e. The zero-order chi connectivity index (χ0) is 19.6. The Hall–Kier alpha value is -2.74. The standard InChI is InChI=1S/C6H6O6S.C6H6O5S/c7-4-1-3(13(10,11)12)2-5(8)6(4)9;7-4-1-2-5(8)6(3-4)12(9,10)11/h1-2,7-9H,(H,10,11,12);1-3,7-8H,(H,9,10,11).